The molecule has 1 aliphatic rings. The van der Waals surface area contributed by atoms with Gasteiger partial charge in [-0.2, -0.15) is 15.4 Å². The molecule has 72 valence electrons. The van der Waals surface area contributed by atoms with E-state index in [0.717, 1.165) is 37.5 Å². The van der Waals surface area contributed by atoms with Gasteiger partial charge in [-0.25, -0.2) is 0 Å². The summed E-state index contributed by atoms with van der Waals surface area (Å²) < 4.78 is 5.58. The quantitative estimate of drug-likeness (QED) is 0.677. The molecule has 5 nitrogen and oxygen atoms in total. The first-order valence-electron chi connectivity index (χ1n) is 4.63. The lowest BCUT2D eigenvalue weighted by Crippen LogP contribution is -2.33. The van der Waals surface area contributed by atoms with Crippen molar-refractivity contribution in [2.75, 3.05) is 19.7 Å². The van der Waals surface area contributed by atoms with Crippen LogP contribution in [0.2, 0.25) is 0 Å². The zero-order chi connectivity index (χ0) is 9.10. The average molecular weight is 182 g/mol. The van der Waals surface area contributed by atoms with Gasteiger partial charge in [-0.15, -0.1) is 0 Å². The highest BCUT2D eigenvalue weighted by Crippen LogP contribution is 2.18. The molecule has 2 N–H and O–H groups in total. The van der Waals surface area contributed by atoms with Crippen molar-refractivity contribution in [1.82, 2.24) is 20.7 Å². The van der Waals surface area contributed by atoms with Crippen LogP contribution in [0.4, 0.5) is 0 Å². The van der Waals surface area contributed by atoms with Crippen LogP contribution >= 0.6 is 0 Å². The van der Waals surface area contributed by atoms with Crippen LogP contribution in [-0.2, 0) is 11.2 Å². The molecule has 2 rings (SSSR count). The molecule has 1 fully saturated rings. The van der Waals surface area contributed by atoms with E-state index in [2.05, 4.69) is 27.7 Å². The SMILES string of the molecule is CCc1n[nH]nc1C1CNCCO1. The molecular weight excluding hydrogens is 168 g/mol. The molecule has 0 aromatic carbocycles. The minimum Gasteiger partial charge on any atom is -0.369 e. The number of aromatic nitrogens is 3. The highest BCUT2D eigenvalue weighted by atomic mass is 16.5. The molecule has 1 saturated heterocycles. The van der Waals surface area contributed by atoms with E-state index in [4.69, 9.17) is 4.74 Å². The van der Waals surface area contributed by atoms with Crippen LogP contribution < -0.4 is 5.32 Å². The molecule has 1 atom stereocenters. The standard InChI is InChI=1S/C8H14N4O/c1-2-6-8(11-12-10-6)7-5-9-3-4-13-7/h7,9H,2-5H2,1H3,(H,10,11,12). The zero-order valence-electron chi connectivity index (χ0n) is 7.71. The molecule has 13 heavy (non-hydrogen) atoms. The normalized spacial score (nSPS) is 23.3. The molecule has 0 amide bonds. The maximum Gasteiger partial charge on any atom is 0.116 e. The largest absolute Gasteiger partial charge is 0.369 e. The number of nitrogens with zero attached hydrogens (tertiary/aromatic N) is 2. The molecule has 0 bridgehead atoms. The van der Waals surface area contributed by atoms with E-state index < -0.39 is 0 Å². The van der Waals surface area contributed by atoms with Crippen LogP contribution in [0, 0.1) is 0 Å². The number of hydrogen-bond donors (Lipinski definition) is 2. The maximum absolute atomic E-state index is 5.58. The van der Waals surface area contributed by atoms with Gasteiger partial charge < -0.3 is 10.1 Å². The van der Waals surface area contributed by atoms with Crippen molar-refractivity contribution in [1.29, 1.82) is 0 Å². The molecule has 5 heteroatoms. The minimum atomic E-state index is 0.0717. The van der Waals surface area contributed by atoms with E-state index in [1.807, 2.05) is 0 Å². The van der Waals surface area contributed by atoms with Gasteiger partial charge in [-0.1, -0.05) is 6.92 Å². The van der Waals surface area contributed by atoms with Gasteiger partial charge in [0.05, 0.1) is 12.3 Å². The molecule has 0 saturated carbocycles. The van der Waals surface area contributed by atoms with Gasteiger partial charge in [0.15, 0.2) is 0 Å². The second-order valence-electron chi connectivity index (χ2n) is 3.07. The second-order valence-corrected chi connectivity index (χ2v) is 3.07. The predicted molar refractivity (Wildman–Crippen MR) is 47.3 cm³/mol. The minimum absolute atomic E-state index is 0.0717. The summed E-state index contributed by atoms with van der Waals surface area (Å²) >= 11 is 0. The third-order valence-electron chi connectivity index (χ3n) is 2.22. The van der Waals surface area contributed by atoms with Crippen LogP contribution in [0.3, 0.4) is 0 Å². The highest BCUT2D eigenvalue weighted by molar-refractivity contribution is 5.12. The number of aromatic amines is 1. The van der Waals surface area contributed by atoms with Crippen LogP contribution in [-0.4, -0.2) is 35.1 Å². The van der Waals surface area contributed by atoms with E-state index in [1.165, 1.54) is 0 Å². The number of morpholine rings is 1. The number of H-pyrrole nitrogens is 1. The smallest absolute Gasteiger partial charge is 0.116 e. The van der Waals surface area contributed by atoms with Crippen LogP contribution in [0.15, 0.2) is 0 Å². The second kappa shape index (κ2) is 3.85. The monoisotopic (exact) mass is 182 g/mol. The molecule has 1 unspecified atom stereocenters. The molecule has 1 aromatic rings. The van der Waals surface area contributed by atoms with Crippen molar-refractivity contribution in [3.63, 3.8) is 0 Å². The molecule has 1 aliphatic heterocycles. The van der Waals surface area contributed by atoms with Crippen molar-refractivity contribution in [2.24, 2.45) is 0 Å². The van der Waals surface area contributed by atoms with Crippen molar-refractivity contribution in [3.05, 3.63) is 11.4 Å². The Morgan fingerprint density at radius 1 is 1.54 bits per heavy atom. The number of aryl methyl sites for hydroxylation is 1. The van der Waals surface area contributed by atoms with Gasteiger partial charge in [0.25, 0.3) is 0 Å². The lowest BCUT2D eigenvalue weighted by molar-refractivity contribution is 0.0244. The van der Waals surface area contributed by atoms with Crippen LogP contribution in [0.25, 0.3) is 0 Å². The topological polar surface area (TPSA) is 62.8 Å². The molecule has 0 spiro atoms. The number of ether oxygens (including phenoxy) is 1. The zero-order valence-corrected chi connectivity index (χ0v) is 7.71. The third kappa shape index (κ3) is 1.71. The first-order valence-corrected chi connectivity index (χ1v) is 4.63. The molecular formula is C8H14N4O. The van der Waals surface area contributed by atoms with E-state index >= 15 is 0 Å². The van der Waals surface area contributed by atoms with Crippen molar-refractivity contribution < 1.29 is 4.74 Å². The van der Waals surface area contributed by atoms with Gasteiger partial charge in [-0.3, -0.25) is 0 Å². The number of rotatable bonds is 2. The maximum atomic E-state index is 5.58. The molecule has 2 heterocycles. The molecule has 1 aromatic heterocycles. The fourth-order valence-electron chi connectivity index (χ4n) is 1.52. The molecule has 0 radical (unpaired) electrons. The van der Waals surface area contributed by atoms with Crippen molar-refractivity contribution in [3.8, 4) is 0 Å². The Hall–Kier alpha value is -0.940. The van der Waals surface area contributed by atoms with Crippen LogP contribution in [0.5, 0.6) is 0 Å². The van der Waals surface area contributed by atoms with E-state index in [9.17, 15) is 0 Å². The van der Waals surface area contributed by atoms with Crippen molar-refractivity contribution in [2.45, 2.75) is 19.4 Å². The Morgan fingerprint density at radius 3 is 3.15 bits per heavy atom. The van der Waals surface area contributed by atoms with E-state index in [-0.39, 0.29) is 6.10 Å². The Bertz CT molecular complexity index is 267. The fraction of sp³-hybridized carbons (Fsp3) is 0.750. The van der Waals surface area contributed by atoms with E-state index in [0.29, 0.717) is 0 Å². The van der Waals surface area contributed by atoms with Crippen molar-refractivity contribution >= 4 is 0 Å². The fourth-order valence-corrected chi connectivity index (χ4v) is 1.52. The Labute approximate surface area is 76.9 Å². The summed E-state index contributed by atoms with van der Waals surface area (Å²) in [6.45, 7) is 4.58. The van der Waals surface area contributed by atoms with Gasteiger partial charge in [0.2, 0.25) is 0 Å². The summed E-state index contributed by atoms with van der Waals surface area (Å²) in [6, 6.07) is 0. The Morgan fingerprint density at radius 2 is 2.46 bits per heavy atom. The number of nitrogens with one attached hydrogen (secondary N) is 2. The summed E-state index contributed by atoms with van der Waals surface area (Å²) in [6.07, 6.45) is 0.966. The first-order chi connectivity index (χ1) is 6.42. The summed E-state index contributed by atoms with van der Waals surface area (Å²) in [5, 5.41) is 14.1. The molecule has 0 aliphatic carbocycles. The van der Waals surface area contributed by atoms with Gasteiger partial charge in [0.1, 0.15) is 11.8 Å². The summed E-state index contributed by atoms with van der Waals surface area (Å²) in [4.78, 5) is 0. The third-order valence-corrected chi connectivity index (χ3v) is 2.22. The lowest BCUT2D eigenvalue weighted by Gasteiger charge is -2.22. The summed E-state index contributed by atoms with van der Waals surface area (Å²) in [7, 11) is 0. The summed E-state index contributed by atoms with van der Waals surface area (Å²) in [5.41, 5.74) is 1.96. The Balaban J connectivity index is 2.13. The van der Waals surface area contributed by atoms with Gasteiger partial charge >= 0.3 is 0 Å². The Kier molecular flexibility index (Phi) is 2.56. The van der Waals surface area contributed by atoms with Gasteiger partial charge in [-0.05, 0) is 6.42 Å². The predicted octanol–water partition coefficient (Wildman–Crippen LogP) is 0.0280. The van der Waals surface area contributed by atoms with Gasteiger partial charge in [0, 0.05) is 13.1 Å². The average Bonchev–Trinajstić information content (AvgIpc) is 2.67. The lowest BCUT2D eigenvalue weighted by atomic mass is 10.1. The van der Waals surface area contributed by atoms with E-state index in [1.54, 1.807) is 0 Å². The van der Waals surface area contributed by atoms with Crippen LogP contribution in [0.1, 0.15) is 24.4 Å². The number of hydrogen-bond acceptors (Lipinski definition) is 4. The highest BCUT2D eigenvalue weighted by Gasteiger charge is 2.21. The summed E-state index contributed by atoms with van der Waals surface area (Å²) in [5.74, 6) is 0. The first kappa shape index (κ1) is 8.65.